The first-order valence-electron chi connectivity index (χ1n) is 5.03. The molecule has 0 saturated heterocycles. The number of nitrogens with zero attached hydrogens (tertiary/aromatic N) is 1. The third-order valence-electron chi connectivity index (χ3n) is 2.43. The smallest absolute Gasteiger partial charge is 0.141 e. The Morgan fingerprint density at radius 1 is 1.31 bits per heavy atom. The maximum Gasteiger partial charge on any atom is 0.141 e. The Kier molecular flexibility index (Phi) is 3.31. The van der Waals surface area contributed by atoms with Gasteiger partial charge in [-0.15, -0.1) is 11.3 Å². The molecule has 0 aliphatic heterocycles. The lowest BCUT2D eigenvalue weighted by atomic mass is 10.0. The van der Waals surface area contributed by atoms with Gasteiger partial charge in [-0.05, 0) is 42.6 Å². The molecule has 0 radical (unpaired) electrons. The van der Waals surface area contributed by atoms with Gasteiger partial charge in [0, 0.05) is 11.1 Å². The zero-order chi connectivity index (χ0) is 11.5. The highest BCUT2D eigenvalue weighted by Crippen LogP contribution is 2.25. The third-order valence-corrected chi connectivity index (χ3v) is 3.31. The van der Waals surface area contributed by atoms with Crippen LogP contribution < -0.4 is 5.32 Å². The standard InChI is InChI=1S/C12H13FN2S/c1-8-3-10(7-16-8)12(14-2)9-4-11(13)6-15-5-9/h3-7,12,14H,1-2H3. The molecule has 0 spiro atoms. The summed E-state index contributed by atoms with van der Waals surface area (Å²) in [5.74, 6) is -0.301. The molecule has 16 heavy (non-hydrogen) atoms. The van der Waals surface area contributed by atoms with Crippen molar-refractivity contribution in [2.45, 2.75) is 13.0 Å². The van der Waals surface area contributed by atoms with Crippen LogP contribution >= 0.6 is 11.3 Å². The fourth-order valence-electron chi connectivity index (χ4n) is 1.73. The summed E-state index contributed by atoms with van der Waals surface area (Å²) in [4.78, 5) is 5.12. The van der Waals surface area contributed by atoms with Gasteiger partial charge in [0.05, 0.1) is 12.2 Å². The van der Waals surface area contributed by atoms with Crippen molar-refractivity contribution in [3.05, 3.63) is 51.7 Å². The van der Waals surface area contributed by atoms with Gasteiger partial charge in [-0.3, -0.25) is 4.98 Å². The molecule has 2 aromatic heterocycles. The Hall–Kier alpha value is -1.26. The molecule has 0 aromatic carbocycles. The fraction of sp³-hybridized carbons (Fsp3) is 0.250. The fourth-order valence-corrected chi connectivity index (χ4v) is 2.46. The van der Waals surface area contributed by atoms with E-state index >= 15 is 0 Å². The van der Waals surface area contributed by atoms with Gasteiger partial charge in [-0.1, -0.05) is 0 Å². The Labute approximate surface area is 98.2 Å². The predicted molar refractivity (Wildman–Crippen MR) is 64.2 cm³/mol. The number of pyridine rings is 1. The lowest BCUT2D eigenvalue weighted by Gasteiger charge is -2.14. The molecule has 2 heterocycles. The first kappa shape index (κ1) is 11.2. The summed E-state index contributed by atoms with van der Waals surface area (Å²) < 4.78 is 13.1. The second kappa shape index (κ2) is 4.72. The Morgan fingerprint density at radius 2 is 2.12 bits per heavy atom. The lowest BCUT2D eigenvalue weighted by Crippen LogP contribution is -2.17. The van der Waals surface area contributed by atoms with Crippen molar-refractivity contribution in [3.8, 4) is 0 Å². The second-order valence-electron chi connectivity index (χ2n) is 3.65. The largest absolute Gasteiger partial charge is 0.309 e. The van der Waals surface area contributed by atoms with Crippen LogP contribution in [0.1, 0.15) is 22.0 Å². The Bertz CT molecular complexity index is 481. The van der Waals surface area contributed by atoms with E-state index < -0.39 is 0 Å². The minimum absolute atomic E-state index is 0.00755. The van der Waals surface area contributed by atoms with Crippen LogP contribution in [-0.4, -0.2) is 12.0 Å². The number of thiophene rings is 1. The van der Waals surface area contributed by atoms with Crippen LogP contribution in [0.15, 0.2) is 29.9 Å². The number of hydrogen-bond donors (Lipinski definition) is 1. The molecular weight excluding hydrogens is 223 g/mol. The Morgan fingerprint density at radius 3 is 2.69 bits per heavy atom. The van der Waals surface area contributed by atoms with Crippen molar-refractivity contribution in [3.63, 3.8) is 0 Å². The average molecular weight is 236 g/mol. The minimum atomic E-state index is -0.301. The number of halogens is 1. The topological polar surface area (TPSA) is 24.9 Å². The van der Waals surface area contributed by atoms with E-state index in [1.807, 2.05) is 7.05 Å². The highest BCUT2D eigenvalue weighted by atomic mass is 32.1. The maximum absolute atomic E-state index is 13.1. The summed E-state index contributed by atoms with van der Waals surface area (Å²) in [6.07, 6.45) is 2.91. The molecule has 0 saturated carbocycles. The molecule has 2 nitrogen and oxygen atoms in total. The normalized spacial score (nSPS) is 12.7. The second-order valence-corrected chi connectivity index (χ2v) is 4.76. The average Bonchev–Trinajstić information content (AvgIpc) is 2.66. The number of rotatable bonds is 3. The van der Waals surface area contributed by atoms with E-state index in [1.54, 1.807) is 17.5 Å². The molecule has 1 atom stereocenters. The zero-order valence-electron chi connectivity index (χ0n) is 9.20. The highest BCUT2D eigenvalue weighted by Gasteiger charge is 2.13. The number of hydrogen-bond acceptors (Lipinski definition) is 3. The molecule has 0 amide bonds. The van der Waals surface area contributed by atoms with Gasteiger partial charge in [0.2, 0.25) is 0 Å². The summed E-state index contributed by atoms with van der Waals surface area (Å²) in [5, 5.41) is 5.26. The van der Waals surface area contributed by atoms with Crippen molar-refractivity contribution in [1.29, 1.82) is 0 Å². The van der Waals surface area contributed by atoms with Crippen molar-refractivity contribution < 1.29 is 4.39 Å². The molecule has 0 bridgehead atoms. The number of nitrogens with one attached hydrogen (secondary N) is 1. The summed E-state index contributed by atoms with van der Waals surface area (Å²) in [7, 11) is 1.86. The molecule has 84 valence electrons. The SMILES string of the molecule is CNC(c1cncc(F)c1)c1csc(C)c1. The molecule has 0 aliphatic rings. The van der Waals surface area contributed by atoms with E-state index in [0.29, 0.717) is 0 Å². The van der Waals surface area contributed by atoms with Crippen LogP contribution in [0, 0.1) is 12.7 Å². The van der Waals surface area contributed by atoms with E-state index in [4.69, 9.17) is 0 Å². The van der Waals surface area contributed by atoms with Gasteiger partial charge in [0.1, 0.15) is 5.82 Å². The summed E-state index contributed by atoms with van der Waals surface area (Å²) >= 11 is 1.69. The minimum Gasteiger partial charge on any atom is -0.309 e. The van der Waals surface area contributed by atoms with Crippen LogP contribution in [0.3, 0.4) is 0 Å². The quantitative estimate of drug-likeness (QED) is 0.886. The first-order valence-corrected chi connectivity index (χ1v) is 5.91. The zero-order valence-corrected chi connectivity index (χ0v) is 10.0. The molecule has 1 unspecified atom stereocenters. The van der Waals surface area contributed by atoms with E-state index in [1.165, 1.54) is 17.1 Å². The van der Waals surface area contributed by atoms with Gasteiger partial charge < -0.3 is 5.32 Å². The first-order chi connectivity index (χ1) is 7.70. The maximum atomic E-state index is 13.1. The van der Waals surface area contributed by atoms with E-state index in [-0.39, 0.29) is 11.9 Å². The molecule has 2 aromatic rings. The molecule has 4 heteroatoms. The van der Waals surface area contributed by atoms with E-state index in [0.717, 1.165) is 11.1 Å². The van der Waals surface area contributed by atoms with Crippen molar-refractivity contribution in [2.75, 3.05) is 7.05 Å². The van der Waals surface area contributed by atoms with Crippen molar-refractivity contribution >= 4 is 11.3 Å². The Balaban J connectivity index is 2.36. The lowest BCUT2D eigenvalue weighted by molar-refractivity contribution is 0.609. The molecule has 0 aliphatic carbocycles. The van der Waals surface area contributed by atoms with E-state index in [9.17, 15) is 4.39 Å². The highest BCUT2D eigenvalue weighted by molar-refractivity contribution is 7.10. The van der Waals surface area contributed by atoms with Gasteiger partial charge >= 0.3 is 0 Å². The van der Waals surface area contributed by atoms with Crippen LogP contribution in [0.5, 0.6) is 0 Å². The summed E-state index contributed by atoms with van der Waals surface area (Å²) in [5.41, 5.74) is 2.00. The van der Waals surface area contributed by atoms with Crippen LogP contribution in [0.2, 0.25) is 0 Å². The monoisotopic (exact) mass is 236 g/mol. The van der Waals surface area contributed by atoms with Gasteiger partial charge in [-0.2, -0.15) is 0 Å². The van der Waals surface area contributed by atoms with Gasteiger partial charge in [0.15, 0.2) is 0 Å². The molecular formula is C12H13FN2S. The molecule has 0 fully saturated rings. The van der Waals surface area contributed by atoms with E-state index in [2.05, 4.69) is 28.7 Å². The van der Waals surface area contributed by atoms with Crippen molar-refractivity contribution in [1.82, 2.24) is 10.3 Å². The van der Waals surface area contributed by atoms with Crippen LogP contribution in [-0.2, 0) is 0 Å². The predicted octanol–water partition coefficient (Wildman–Crippen LogP) is 2.90. The number of aryl methyl sites for hydroxylation is 1. The van der Waals surface area contributed by atoms with Crippen LogP contribution in [0.25, 0.3) is 0 Å². The molecule has 2 rings (SSSR count). The van der Waals surface area contributed by atoms with Gasteiger partial charge in [0.25, 0.3) is 0 Å². The van der Waals surface area contributed by atoms with Crippen LogP contribution in [0.4, 0.5) is 4.39 Å². The summed E-state index contributed by atoms with van der Waals surface area (Å²) in [6, 6.07) is 3.63. The number of aromatic nitrogens is 1. The van der Waals surface area contributed by atoms with Crippen molar-refractivity contribution in [2.24, 2.45) is 0 Å². The van der Waals surface area contributed by atoms with Gasteiger partial charge in [-0.25, -0.2) is 4.39 Å². The third kappa shape index (κ3) is 2.28. The molecule has 1 N–H and O–H groups in total. The summed E-state index contributed by atoms with van der Waals surface area (Å²) in [6.45, 7) is 2.06.